The van der Waals surface area contributed by atoms with Gasteiger partial charge in [-0.15, -0.1) is 0 Å². The minimum Gasteiger partial charge on any atom is -0.308 e. The number of rotatable bonds is 9. The lowest BCUT2D eigenvalue weighted by Crippen LogP contribution is -2.15. The van der Waals surface area contributed by atoms with Crippen LogP contribution in [0.25, 0.3) is 79.7 Å². The van der Waals surface area contributed by atoms with Crippen LogP contribution in [0.1, 0.15) is 0 Å². The molecule has 0 saturated heterocycles. The van der Waals surface area contributed by atoms with Gasteiger partial charge in [-0.2, -0.15) is 0 Å². The van der Waals surface area contributed by atoms with E-state index in [2.05, 4.69) is 153 Å². The van der Waals surface area contributed by atoms with Crippen LogP contribution in [0.3, 0.4) is 0 Å². The van der Waals surface area contributed by atoms with Crippen molar-refractivity contribution >= 4 is 57.6 Å². The van der Waals surface area contributed by atoms with E-state index in [0.717, 1.165) is 87.1 Å². The van der Waals surface area contributed by atoms with Crippen LogP contribution in [0, 0.1) is 0 Å². The molecule has 0 radical (unpaired) electrons. The molecule has 12 aromatic rings. The van der Waals surface area contributed by atoms with Crippen molar-refractivity contribution in [2.45, 2.75) is 19.6 Å². The molecule has 0 fully saturated rings. The molecule has 2 aliphatic rings. The number of hydrogen-bond donors (Lipinski definition) is 0. The smallest absolute Gasteiger partial charge is 0.182 e. The zero-order valence-corrected chi connectivity index (χ0v) is 41.8. The van der Waals surface area contributed by atoms with E-state index < -0.39 is 0 Å². The van der Waals surface area contributed by atoms with Gasteiger partial charge in [0.15, 0.2) is 34.9 Å². The summed E-state index contributed by atoms with van der Waals surface area (Å²) in [6, 6.07) is 66.2. The van der Waals surface area contributed by atoms with Crippen molar-refractivity contribution in [1.82, 2.24) is 49.8 Å². The van der Waals surface area contributed by atoms with Crippen molar-refractivity contribution in [3.8, 4) is 79.7 Å². The SMILES string of the molecule is c1ccc(-c2nc(-c3cccnc3)nc(-c3cc(N4c5ccccc5Sc5ccccc54)ccc3-c3ccc(N4c5ccccc5Sc5ccccc54)cc3-c3nc(-c4cccnc4)nc(-c4ccccn4)n3)n2)nc1. The standard InChI is InChI=1S/C62H38N12S2/c1-5-23-53-49(19-1)73(50-20-2-6-24-54(50)75-53)41-27-29-43(45(35-41)59-67-57(39-15-13-31-63-37-39)69-61(71-59)47-17-9-11-33-65-47)44-30-28-42(74-51-21-3-7-25-55(51)76-56-26-8-4-22-52(56)74)36-46(44)60-68-58(40-16-14-32-64-38-40)70-62(72-60)48-18-10-12-34-66-48/h1-38H. The lowest BCUT2D eigenvalue weighted by molar-refractivity contribution is 1.05. The second-order valence-electron chi connectivity index (χ2n) is 17.7. The van der Waals surface area contributed by atoms with Crippen LogP contribution in [0.2, 0.25) is 0 Å². The van der Waals surface area contributed by atoms with Gasteiger partial charge in [0.2, 0.25) is 0 Å². The number of pyridine rings is 4. The third-order valence-electron chi connectivity index (χ3n) is 13.1. The van der Waals surface area contributed by atoms with Gasteiger partial charge >= 0.3 is 0 Å². The van der Waals surface area contributed by atoms with E-state index in [4.69, 9.17) is 39.9 Å². The third-order valence-corrected chi connectivity index (χ3v) is 15.3. The highest BCUT2D eigenvalue weighted by atomic mass is 32.2. The molecule has 8 heterocycles. The molecule has 0 saturated carbocycles. The zero-order valence-electron chi connectivity index (χ0n) is 40.1. The fourth-order valence-electron chi connectivity index (χ4n) is 9.61. The van der Waals surface area contributed by atoms with Gasteiger partial charge in [0.05, 0.1) is 22.7 Å². The maximum Gasteiger partial charge on any atom is 0.182 e. The first kappa shape index (κ1) is 44.9. The molecule has 0 spiro atoms. The van der Waals surface area contributed by atoms with Gasteiger partial charge in [-0.1, -0.05) is 96.3 Å². The Hall–Kier alpha value is -9.76. The van der Waals surface area contributed by atoms with Crippen LogP contribution in [-0.4, -0.2) is 49.8 Å². The summed E-state index contributed by atoms with van der Waals surface area (Å²) in [6.45, 7) is 0. The lowest BCUT2D eigenvalue weighted by atomic mass is 9.92. The summed E-state index contributed by atoms with van der Waals surface area (Å²) in [7, 11) is 0. The van der Waals surface area contributed by atoms with Crippen molar-refractivity contribution in [3.63, 3.8) is 0 Å². The second-order valence-corrected chi connectivity index (χ2v) is 19.9. The Bertz CT molecular complexity index is 3680. The quantitative estimate of drug-likeness (QED) is 0.136. The van der Waals surface area contributed by atoms with Crippen LogP contribution in [0.4, 0.5) is 34.1 Å². The van der Waals surface area contributed by atoms with Gasteiger partial charge in [-0.05, 0) is 132 Å². The Morgan fingerprint density at radius 1 is 0.289 bits per heavy atom. The van der Waals surface area contributed by atoms with E-state index in [1.165, 1.54) is 0 Å². The molecule has 2 aliphatic heterocycles. The van der Waals surface area contributed by atoms with E-state index in [9.17, 15) is 0 Å². The van der Waals surface area contributed by atoms with Gasteiger partial charge in [-0.3, -0.25) is 19.9 Å². The minimum atomic E-state index is 0.417. The van der Waals surface area contributed by atoms with Crippen molar-refractivity contribution in [3.05, 3.63) is 231 Å². The molecule has 0 bridgehead atoms. The second kappa shape index (κ2) is 19.3. The summed E-state index contributed by atoms with van der Waals surface area (Å²) in [5, 5.41) is 0. The predicted octanol–water partition coefficient (Wildman–Crippen LogP) is 15.2. The highest BCUT2D eigenvalue weighted by Gasteiger charge is 2.30. The van der Waals surface area contributed by atoms with E-state index in [0.29, 0.717) is 46.3 Å². The number of benzene rings is 6. The van der Waals surface area contributed by atoms with E-state index >= 15 is 0 Å². The van der Waals surface area contributed by atoms with Crippen molar-refractivity contribution in [1.29, 1.82) is 0 Å². The molecule has 0 amide bonds. The molecule has 358 valence electrons. The summed E-state index contributed by atoms with van der Waals surface area (Å²) in [5.41, 5.74) is 11.9. The van der Waals surface area contributed by atoms with Crippen molar-refractivity contribution in [2.24, 2.45) is 0 Å². The summed E-state index contributed by atoms with van der Waals surface area (Å²) in [4.78, 5) is 59.0. The number of para-hydroxylation sites is 4. The molecular formula is C62H38N12S2. The number of hydrogen-bond acceptors (Lipinski definition) is 14. The molecule has 0 aliphatic carbocycles. The first-order valence-corrected chi connectivity index (χ1v) is 26.1. The minimum absolute atomic E-state index is 0.417. The summed E-state index contributed by atoms with van der Waals surface area (Å²) >= 11 is 3.53. The predicted molar refractivity (Wildman–Crippen MR) is 300 cm³/mol. The molecule has 76 heavy (non-hydrogen) atoms. The number of aromatic nitrogens is 10. The molecule has 0 unspecified atom stereocenters. The average molecular weight is 1020 g/mol. The average Bonchev–Trinajstić information content (AvgIpc) is 3.51. The Balaban J connectivity index is 1.07. The van der Waals surface area contributed by atoms with Gasteiger partial charge in [-0.25, -0.2) is 29.9 Å². The Morgan fingerprint density at radius 2 is 0.658 bits per heavy atom. The molecule has 12 nitrogen and oxygen atoms in total. The van der Waals surface area contributed by atoms with E-state index in [-0.39, 0.29) is 0 Å². The topological polar surface area (TPSA) is 135 Å². The van der Waals surface area contributed by atoms with Crippen molar-refractivity contribution < 1.29 is 0 Å². The van der Waals surface area contributed by atoms with Crippen molar-refractivity contribution in [2.75, 3.05) is 9.80 Å². The van der Waals surface area contributed by atoms with E-state index in [1.807, 2.05) is 60.7 Å². The Kier molecular flexibility index (Phi) is 11.4. The third kappa shape index (κ3) is 8.27. The molecule has 6 aromatic carbocycles. The van der Waals surface area contributed by atoms with Crippen LogP contribution >= 0.6 is 23.5 Å². The maximum atomic E-state index is 5.33. The van der Waals surface area contributed by atoms with Gasteiger partial charge < -0.3 is 9.80 Å². The Labute approximate surface area is 445 Å². The van der Waals surface area contributed by atoms with Gasteiger partial charge in [0.1, 0.15) is 11.4 Å². The Morgan fingerprint density at radius 3 is 1.03 bits per heavy atom. The first-order valence-electron chi connectivity index (χ1n) is 24.4. The number of nitrogens with zero attached hydrogens (tertiary/aromatic N) is 12. The zero-order chi connectivity index (χ0) is 50.4. The first-order chi connectivity index (χ1) is 37.7. The normalized spacial score (nSPS) is 12.3. The summed E-state index contributed by atoms with van der Waals surface area (Å²) < 4.78 is 0. The largest absolute Gasteiger partial charge is 0.308 e. The van der Waals surface area contributed by atoms with Crippen LogP contribution in [0.15, 0.2) is 251 Å². The van der Waals surface area contributed by atoms with Crippen LogP contribution in [0.5, 0.6) is 0 Å². The fourth-order valence-corrected chi connectivity index (χ4v) is 11.7. The number of anilines is 6. The molecular weight excluding hydrogens is 977 g/mol. The van der Waals surface area contributed by atoms with Crippen LogP contribution in [-0.2, 0) is 0 Å². The molecule has 14 rings (SSSR count). The van der Waals surface area contributed by atoms with Gasteiger partial charge in [0, 0.05) is 90.4 Å². The highest BCUT2D eigenvalue weighted by molar-refractivity contribution is 8.00. The maximum absolute atomic E-state index is 5.33. The lowest BCUT2D eigenvalue weighted by Gasteiger charge is -2.33. The summed E-state index contributed by atoms with van der Waals surface area (Å²) in [6.07, 6.45) is 10.5. The molecule has 6 aromatic heterocycles. The molecule has 0 N–H and O–H groups in total. The number of fused-ring (bicyclic) bond motifs is 4. The highest BCUT2D eigenvalue weighted by Crippen LogP contribution is 2.54. The summed E-state index contributed by atoms with van der Waals surface area (Å²) in [5.74, 6) is 2.61. The fraction of sp³-hybridized carbons (Fsp3) is 0. The van der Waals surface area contributed by atoms with Crippen LogP contribution < -0.4 is 9.80 Å². The van der Waals surface area contributed by atoms with E-state index in [1.54, 1.807) is 60.7 Å². The molecule has 0 atom stereocenters. The monoisotopic (exact) mass is 1010 g/mol. The van der Waals surface area contributed by atoms with Gasteiger partial charge in [0.25, 0.3) is 0 Å². The molecule has 14 heteroatoms.